The molecule has 1 aromatic heterocycles. The van der Waals surface area contributed by atoms with Crippen molar-refractivity contribution in [2.24, 2.45) is 0 Å². The lowest BCUT2D eigenvalue weighted by molar-refractivity contribution is 0.236. The first-order valence-corrected chi connectivity index (χ1v) is 17.6. The van der Waals surface area contributed by atoms with E-state index < -0.39 is 0 Å². The van der Waals surface area contributed by atoms with Crippen molar-refractivity contribution in [3.05, 3.63) is 0 Å². The van der Waals surface area contributed by atoms with E-state index in [1.807, 2.05) is 35.3 Å². The van der Waals surface area contributed by atoms with E-state index in [2.05, 4.69) is 35.7 Å². The van der Waals surface area contributed by atoms with Gasteiger partial charge in [0.05, 0.1) is 19.8 Å². The third-order valence-corrected chi connectivity index (χ3v) is 8.71. The first kappa shape index (κ1) is 33.5. The molecule has 1 rings (SSSR count). The fourth-order valence-corrected chi connectivity index (χ4v) is 5.96. The Hall–Kier alpha value is -0.540. The van der Waals surface area contributed by atoms with Crippen LogP contribution in [0.4, 0.5) is 0 Å². The normalized spacial score (nSPS) is 11.1. The minimum absolute atomic E-state index is 0.300. The van der Waals surface area contributed by atoms with Crippen LogP contribution < -0.4 is 14.2 Å². The van der Waals surface area contributed by atoms with Gasteiger partial charge in [-0.3, -0.25) is 0 Å². The van der Waals surface area contributed by atoms with E-state index in [0.29, 0.717) is 37.9 Å². The standard InChI is InChI=1S/C27H51N3O3S3/c1-4-7-10-19-34-22-13-16-31-25-28-26(32-17-14-23-35-20-11-8-5-2)30-27(29-25)33-18-15-24-36-21-12-9-6-3/h4-24H2,1-3H3. The van der Waals surface area contributed by atoms with Crippen LogP contribution in [0.2, 0.25) is 0 Å². The molecule has 0 spiro atoms. The highest BCUT2D eigenvalue weighted by atomic mass is 32.2. The zero-order chi connectivity index (χ0) is 25.9. The van der Waals surface area contributed by atoms with E-state index >= 15 is 0 Å². The minimum Gasteiger partial charge on any atom is -0.463 e. The molecule has 0 unspecified atom stereocenters. The summed E-state index contributed by atoms with van der Waals surface area (Å²) < 4.78 is 17.5. The van der Waals surface area contributed by atoms with Gasteiger partial charge in [0.2, 0.25) is 0 Å². The number of rotatable bonds is 27. The van der Waals surface area contributed by atoms with Crippen LogP contribution in [0.1, 0.15) is 97.8 Å². The van der Waals surface area contributed by atoms with Crippen molar-refractivity contribution in [1.29, 1.82) is 0 Å². The molecule has 0 aromatic carbocycles. The van der Waals surface area contributed by atoms with Crippen LogP contribution in [0.5, 0.6) is 18.0 Å². The molecule has 6 nitrogen and oxygen atoms in total. The maximum absolute atomic E-state index is 5.84. The topological polar surface area (TPSA) is 66.4 Å². The van der Waals surface area contributed by atoms with Crippen molar-refractivity contribution in [3.63, 3.8) is 0 Å². The van der Waals surface area contributed by atoms with Gasteiger partial charge in [-0.2, -0.15) is 35.3 Å². The van der Waals surface area contributed by atoms with Gasteiger partial charge >= 0.3 is 18.0 Å². The zero-order valence-electron chi connectivity index (χ0n) is 23.1. The molecule has 210 valence electrons. The van der Waals surface area contributed by atoms with Gasteiger partial charge in [0.25, 0.3) is 0 Å². The van der Waals surface area contributed by atoms with Crippen molar-refractivity contribution in [2.45, 2.75) is 97.8 Å². The smallest absolute Gasteiger partial charge is 0.325 e. The number of unbranched alkanes of at least 4 members (excludes halogenated alkanes) is 6. The summed E-state index contributed by atoms with van der Waals surface area (Å²) in [6, 6.07) is 0.900. The second-order valence-electron chi connectivity index (χ2n) is 8.75. The van der Waals surface area contributed by atoms with Crippen LogP contribution in [0.15, 0.2) is 0 Å². The quantitative estimate of drug-likeness (QED) is 0.0995. The highest BCUT2D eigenvalue weighted by molar-refractivity contribution is 7.99. The molecule has 0 saturated carbocycles. The fraction of sp³-hybridized carbons (Fsp3) is 0.889. The summed E-state index contributed by atoms with van der Waals surface area (Å²) >= 11 is 5.97. The molecule has 0 bridgehead atoms. The number of nitrogens with zero attached hydrogens (tertiary/aromatic N) is 3. The van der Waals surface area contributed by atoms with Gasteiger partial charge in [-0.05, 0) is 73.0 Å². The molecule has 0 fully saturated rings. The monoisotopic (exact) mass is 561 g/mol. The largest absolute Gasteiger partial charge is 0.463 e. The van der Waals surface area contributed by atoms with Gasteiger partial charge < -0.3 is 14.2 Å². The van der Waals surface area contributed by atoms with Gasteiger partial charge in [0.1, 0.15) is 0 Å². The molecule has 0 aliphatic heterocycles. The fourth-order valence-electron chi connectivity index (χ4n) is 3.16. The van der Waals surface area contributed by atoms with Crippen molar-refractivity contribution in [1.82, 2.24) is 15.0 Å². The summed E-state index contributed by atoms with van der Waals surface area (Å²) in [6.07, 6.45) is 14.6. The van der Waals surface area contributed by atoms with Gasteiger partial charge in [-0.1, -0.05) is 59.3 Å². The highest BCUT2D eigenvalue weighted by Crippen LogP contribution is 2.17. The summed E-state index contributed by atoms with van der Waals surface area (Å²) in [5, 5.41) is 0. The molecular weight excluding hydrogens is 511 g/mol. The zero-order valence-corrected chi connectivity index (χ0v) is 25.6. The number of thioether (sulfide) groups is 3. The Labute approximate surface area is 234 Å². The SMILES string of the molecule is CCCCCSCCCOc1nc(OCCCSCCCCC)nc(OCCCSCCCCC)n1. The molecule has 0 amide bonds. The van der Waals surface area contributed by atoms with Gasteiger partial charge in [-0.15, -0.1) is 15.0 Å². The van der Waals surface area contributed by atoms with Crippen molar-refractivity contribution in [2.75, 3.05) is 54.3 Å². The second-order valence-corrected chi connectivity index (χ2v) is 12.4. The number of aromatic nitrogens is 3. The third-order valence-electron chi connectivity index (χ3n) is 5.24. The van der Waals surface area contributed by atoms with Gasteiger partial charge in [-0.25, -0.2) is 0 Å². The van der Waals surface area contributed by atoms with Crippen LogP contribution in [-0.4, -0.2) is 69.3 Å². The Morgan fingerprint density at radius 3 is 0.972 bits per heavy atom. The van der Waals surface area contributed by atoms with Crippen molar-refractivity contribution in [3.8, 4) is 18.0 Å². The van der Waals surface area contributed by atoms with Crippen LogP contribution in [0.3, 0.4) is 0 Å². The number of ether oxygens (including phenoxy) is 3. The van der Waals surface area contributed by atoms with E-state index in [-0.39, 0.29) is 0 Å². The van der Waals surface area contributed by atoms with Crippen molar-refractivity contribution < 1.29 is 14.2 Å². The average molecular weight is 562 g/mol. The Morgan fingerprint density at radius 2 is 0.694 bits per heavy atom. The Balaban J connectivity index is 2.40. The molecule has 0 saturated heterocycles. The first-order valence-electron chi connectivity index (χ1n) is 14.2. The van der Waals surface area contributed by atoms with Crippen molar-refractivity contribution >= 4 is 35.3 Å². The van der Waals surface area contributed by atoms with Gasteiger partial charge in [0, 0.05) is 0 Å². The predicted molar refractivity (Wildman–Crippen MR) is 161 cm³/mol. The summed E-state index contributed by atoms with van der Waals surface area (Å²) in [6.45, 7) is 8.49. The lowest BCUT2D eigenvalue weighted by atomic mass is 10.3. The maximum atomic E-state index is 5.84. The maximum Gasteiger partial charge on any atom is 0.325 e. The Kier molecular flexibility index (Phi) is 24.3. The molecule has 0 aliphatic rings. The molecule has 1 aromatic rings. The molecule has 0 aliphatic carbocycles. The molecule has 1 heterocycles. The molecule has 0 atom stereocenters. The highest BCUT2D eigenvalue weighted by Gasteiger charge is 2.10. The molecule has 36 heavy (non-hydrogen) atoms. The number of hydrogen-bond donors (Lipinski definition) is 0. The van der Waals surface area contributed by atoms with Crippen LogP contribution in [-0.2, 0) is 0 Å². The van der Waals surface area contributed by atoms with E-state index in [0.717, 1.165) is 36.5 Å². The molecule has 0 N–H and O–H groups in total. The molecule has 0 radical (unpaired) electrons. The lowest BCUT2D eigenvalue weighted by Crippen LogP contribution is -2.10. The third kappa shape index (κ3) is 20.5. The van der Waals surface area contributed by atoms with E-state index in [4.69, 9.17) is 14.2 Å². The summed E-state index contributed by atoms with van der Waals surface area (Å²) in [7, 11) is 0. The van der Waals surface area contributed by atoms with Crippen LogP contribution in [0, 0.1) is 0 Å². The first-order chi connectivity index (χ1) is 17.8. The Bertz CT molecular complexity index is 522. The van der Waals surface area contributed by atoms with Crippen LogP contribution >= 0.6 is 35.3 Å². The Morgan fingerprint density at radius 1 is 0.417 bits per heavy atom. The lowest BCUT2D eigenvalue weighted by Gasteiger charge is -2.10. The van der Waals surface area contributed by atoms with E-state index in [9.17, 15) is 0 Å². The van der Waals surface area contributed by atoms with E-state index in [1.165, 1.54) is 75.0 Å². The summed E-state index contributed by atoms with van der Waals surface area (Å²) in [5.74, 6) is 6.95. The number of hydrogen-bond acceptors (Lipinski definition) is 9. The predicted octanol–water partition coefficient (Wildman–Crippen LogP) is 7.95. The van der Waals surface area contributed by atoms with Gasteiger partial charge in [0.15, 0.2) is 0 Å². The molecule has 9 heteroatoms. The minimum atomic E-state index is 0.300. The molecular formula is C27H51N3O3S3. The second kappa shape index (κ2) is 26.1. The van der Waals surface area contributed by atoms with E-state index in [1.54, 1.807) is 0 Å². The van der Waals surface area contributed by atoms with Crippen LogP contribution in [0.25, 0.3) is 0 Å². The average Bonchev–Trinajstić information content (AvgIpc) is 2.89. The summed E-state index contributed by atoms with van der Waals surface area (Å²) in [4.78, 5) is 13.1. The summed E-state index contributed by atoms with van der Waals surface area (Å²) in [5.41, 5.74) is 0.